The molecule has 5 heteroatoms. The predicted octanol–water partition coefficient (Wildman–Crippen LogP) is 0.256. The van der Waals surface area contributed by atoms with Crippen molar-refractivity contribution >= 4 is 11.9 Å². The molecule has 2 N–H and O–H groups in total. The lowest BCUT2D eigenvalue weighted by Gasteiger charge is -2.22. The normalized spacial score (nSPS) is 25.2. The van der Waals surface area contributed by atoms with Crippen LogP contribution in [0.3, 0.4) is 0 Å². The van der Waals surface area contributed by atoms with Crippen LogP contribution < -0.4 is 0 Å². The summed E-state index contributed by atoms with van der Waals surface area (Å²) in [7, 11) is 3.68. The summed E-state index contributed by atoms with van der Waals surface area (Å²) in [6, 6.07) is 0.0576. The van der Waals surface area contributed by atoms with Gasteiger partial charge in [-0.1, -0.05) is 0 Å². The molecule has 0 bridgehead atoms. The van der Waals surface area contributed by atoms with Gasteiger partial charge >= 0.3 is 11.9 Å². The van der Waals surface area contributed by atoms with E-state index >= 15 is 0 Å². The maximum absolute atomic E-state index is 10.9. The average molecular weight is 201 g/mol. The first-order chi connectivity index (χ1) is 6.40. The molecule has 1 aliphatic carbocycles. The van der Waals surface area contributed by atoms with Crippen molar-refractivity contribution < 1.29 is 19.8 Å². The fourth-order valence-corrected chi connectivity index (χ4v) is 1.94. The Morgan fingerprint density at radius 3 is 2.00 bits per heavy atom. The zero-order valence-corrected chi connectivity index (χ0v) is 8.36. The van der Waals surface area contributed by atoms with Gasteiger partial charge in [-0.2, -0.15) is 0 Å². The lowest BCUT2D eigenvalue weighted by molar-refractivity contribution is -0.164. The molecule has 1 aliphatic rings. The molecule has 0 aromatic heterocycles. The minimum Gasteiger partial charge on any atom is -0.480 e. The third-order valence-electron chi connectivity index (χ3n) is 3.04. The molecule has 1 fully saturated rings. The molecule has 0 aromatic rings. The van der Waals surface area contributed by atoms with Crippen LogP contribution in [0.2, 0.25) is 0 Å². The van der Waals surface area contributed by atoms with Gasteiger partial charge in [-0.3, -0.25) is 9.59 Å². The Labute approximate surface area is 82.3 Å². The highest BCUT2D eigenvalue weighted by molar-refractivity contribution is 5.98. The van der Waals surface area contributed by atoms with Gasteiger partial charge in [0.05, 0.1) is 0 Å². The van der Waals surface area contributed by atoms with Crippen molar-refractivity contribution in [2.24, 2.45) is 5.41 Å². The molecule has 0 saturated heterocycles. The number of hydrogen-bond donors (Lipinski definition) is 2. The molecule has 0 aromatic carbocycles. The molecular formula is C9H15NO4. The van der Waals surface area contributed by atoms with Gasteiger partial charge in [0.2, 0.25) is 0 Å². The van der Waals surface area contributed by atoms with Gasteiger partial charge in [-0.25, -0.2) is 0 Å². The van der Waals surface area contributed by atoms with Crippen LogP contribution >= 0.6 is 0 Å². The maximum Gasteiger partial charge on any atom is 0.321 e. The zero-order chi connectivity index (χ0) is 10.9. The molecule has 14 heavy (non-hydrogen) atoms. The summed E-state index contributed by atoms with van der Waals surface area (Å²) in [6.45, 7) is 0. The number of rotatable bonds is 3. The average Bonchev–Trinajstić information content (AvgIpc) is 2.48. The fraction of sp³-hybridized carbons (Fsp3) is 0.778. The predicted molar refractivity (Wildman–Crippen MR) is 49.0 cm³/mol. The van der Waals surface area contributed by atoms with Crippen molar-refractivity contribution in [2.75, 3.05) is 14.1 Å². The van der Waals surface area contributed by atoms with Crippen LogP contribution in [0.25, 0.3) is 0 Å². The Bertz CT molecular complexity index is 248. The Morgan fingerprint density at radius 2 is 1.79 bits per heavy atom. The number of carboxylic acids is 2. The minimum absolute atomic E-state index is 0.0576. The molecule has 80 valence electrons. The topological polar surface area (TPSA) is 77.8 Å². The second-order valence-corrected chi connectivity index (χ2v) is 4.05. The number of carboxylic acid groups (broad SMARTS) is 2. The van der Waals surface area contributed by atoms with E-state index in [2.05, 4.69) is 0 Å². The van der Waals surface area contributed by atoms with Gasteiger partial charge in [0.15, 0.2) is 5.41 Å². The lowest BCUT2D eigenvalue weighted by atomic mass is 9.86. The van der Waals surface area contributed by atoms with Gasteiger partial charge in [0.1, 0.15) is 0 Å². The Kier molecular flexibility index (Phi) is 2.80. The summed E-state index contributed by atoms with van der Waals surface area (Å²) in [4.78, 5) is 23.8. The molecule has 0 amide bonds. The van der Waals surface area contributed by atoms with E-state index in [0.717, 1.165) is 0 Å². The largest absolute Gasteiger partial charge is 0.480 e. The van der Waals surface area contributed by atoms with E-state index in [1.54, 1.807) is 0 Å². The van der Waals surface area contributed by atoms with Crippen molar-refractivity contribution in [3.05, 3.63) is 0 Å². The molecular weight excluding hydrogens is 186 g/mol. The maximum atomic E-state index is 10.9. The van der Waals surface area contributed by atoms with Crippen molar-refractivity contribution in [1.82, 2.24) is 4.90 Å². The molecule has 1 saturated carbocycles. The van der Waals surface area contributed by atoms with Gasteiger partial charge in [-0.15, -0.1) is 0 Å². The highest BCUT2D eigenvalue weighted by Crippen LogP contribution is 2.40. The molecule has 1 rings (SSSR count). The first-order valence-corrected chi connectivity index (χ1v) is 4.53. The summed E-state index contributed by atoms with van der Waals surface area (Å²) in [5.41, 5.74) is -1.56. The lowest BCUT2D eigenvalue weighted by Crippen LogP contribution is -2.38. The number of nitrogens with zero attached hydrogens (tertiary/aromatic N) is 1. The second kappa shape index (κ2) is 3.57. The van der Waals surface area contributed by atoms with Crippen molar-refractivity contribution in [3.63, 3.8) is 0 Å². The van der Waals surface area contributed by atoms with E-state index in [1.165, 1.54) is 0 Å². The molecule has 0 spiro atoms. The summed E-state index contributed by atoms with van der Waals surface area (Å²) >= 11 is 0. The smallest absolute Gasteiger partial charge is 0.321 e. The van der Waals surface area contributed by atoms with E-state index in [0.29, 0.717) is 6.42 Å². The summed E-state index contributed by atoms with van der Waals surface area (Å²) in [5, 5.41) is 17.9. The van der Waals surface area contributed by atoms with Crippen molar-refractivity contribution in [3.8, 4) is 0 Å². The van der Waals surface area contributed by atoms with E-state index in [9.17, 15) is 9.59 Å². The van der Waals surface area contributed by atoms with Crippen LogP contribution in [0.5, 0.6) is 0 Å². The van der Waals surface area contributed by atoms with Crippen LogP contribution in [-0.4, -0.2) is 47.2 Å². The van der Waals surface area contributed by atoms with Gasteiger partial charge in [0, 0.05) is 6.04 Å². The summed E-state index contributed by atoms with van der Waals surface area (Å²) in [6.07, 6.45) is 1.05. The SMILES string of the molecule is CN(C)C1CCC(C(=O)O)(C(=O)O)C1. The number of hydrogen-bond acceptors (Lipinski definition) is 3. The third-order valence-corrected chi connectivity index (χ3v) is 3.04. The van der Waals surface area contributed by atoms with Crippen molar-refractivity contribution in [2.45, 2.75) is 25.3 Å². The van der Waals surface area contributed by atoms with Crippen LogP contribution in [0.15, 0.2) is 0 Å². The monoisotopic (exact) mass is 201 g/mol. The second-order valence-electron chi connectivity index (χ2n) is 4.05. The van der Waals surface area contributed by atoms with Gasteiger partial charge in [-0.05, 0) is 33.4 Å². The quantitative estimate of drug-likeness (QED) is 0.640. The molecule has 0 radical (unpaired) electrons. The highest BCUT2D eigenvalue weighted by Gasteiger charge is 2.52. The summed E-state index contributed by atoms with van der Waals surface area (Å²) in [5.74, 6) is -2.43. The number of carbonyl (C=O) groups is 2. The fourth-order valence-electron chi connectivity index (χ4n) is 1.94. The van der Waals surface area contributed by atoms with Crippen LogP contribution in [0, 0.1) is 5.41 Å². The molecule has 5 nitrogen and oxygen atoms in total. The number of aliphatic carboxylic acids is 2. The molecule has 0 heterocycles. The Balaban J connectivity index is 2.85. The molecule has 0 aliphatic heterocycles. The molecule has 1 unspecified atom stereocenters. The van der Waals surface area contributed by atoms with E-state index in [1.807, 2.05) is 19.0 Å². The molecule has 1 atom stereocenters. The van der Waals surface area contributed by atoms with E-state index in [-0.39, 0.29) is 18.9 Å². The first kappa shape index (κ1) is 11.0. The standard InChI is InChI=1S/C9H15NO4/c1-10(2)6-3-4-9(5-6,7(11)12)8(13)14/h6H,3-5H2,1-2H3,(H,11,12)(H,13,14). The van der Waals surface area contributed by atoms with E-state index < -0.39 is 17.4 Å². The highest BCUT2D eigenvalue weighted by atomic mass is 16.4. The zero-order valence-electron chi connectivity index (χ0n) is 8.36. The van der Waals surface area contributed by atoms with Gasteiger partial charge < -0.3 is 15.1 Å². The third kappa shape index (κ3) is 1.59. The Hall–Kier alpha value is -1.10. The summed E-state index contributed by atoms with van der Waals surface area (Å²) < 4.78 is 0. The van der Waals surface area contributed by atoms with E-state index in [4.69, 9.17) is 10.2 Å². The minimum atomic E-state index is -1.56. The Morgan fingerprint density at radius 1 is 1.29 bits per heavy atom. The van der Waals surface area contributed by atoms with Gasteiger partial charge in [0.25, 0.3) is 0 Å². The first-order valence-electron chi connectivity index (χ1n) is 4.53. The van der Waals surface area contributed by atoms with Crippen molar-refractivity contribution in [1.29, 1.82) is 0 Å². The van der Waals surface area contributed by atoms with Crippen LogP contribution in [-0.2, 0) is 9.59 Å². The van der Waals surface area contributed by atoms with Crippen LogP contribution in [0.4, 0.5) is 0 Å². The van der Waals surface area contributed by atoms with Crippen LogP contribution in [0.1, 0.15) is 19.3 Å².